The van der Waals surface area contributed by atoms with Crippen LogP contribution in [0.3, 0.4) is 0 Å². The molecule has 0 unspecified atom stereocenters. The number of hydrogen-bond donors (Lipinski definition) is 0. The summed E-state index contributed by atoms with van der Waals surface area (Å²) < 4.78 is 19.5. The van der Waals surface area contributed by atoms with Crippen LogP contribution in [0, 0.1) is 24.2 Å². The van der Waals surface area contributed by atoms with Crippen LogP contribution in [0.25, 0.3) is 11.1 Å². The van der Waals surface area contributed by atoms with Crippen LogP contribution in [0.15, 0.2) is 36.5 Å². The zero-order chi connectivity index (χ0) is 27.7. The summed E-state index contributed by atoms with van der Waals surface area (Å²) in [5.74, 6) is -0.0886. The summed E-state index contributed by atoms with van der Waals surface area (Å²) in [5.41, 5.74) is 6.20. The molecule has 8 heteroatoms. The van der Waals surface area contributed by atoms with E-state index in [0.29, 0.717) is 53.9 Å². The average Bonchev–Trinajstić information content (AvgIpc) is 3.78. The van der Waals surface area contributed by atoms with Gasteiger partial charge >= 0.3 is 0 Å². The Morgan fingerprint density at radius 1 is 1.23 bits per heavy atom. The van der Waals surface area contributed by atoms with Gasteiger partial charge in [0.05, 0.1) is 18.3 Å². The molecule has 5 rings (SSSR count). The fourth-order valence-corrected chi connectivity index (χ4v) is 5.45. The van der Waals surface area contributed by atoms with Crippen molar-refractivity contribution in [2.24, 2.45) is 0 Å². The quantitative estimate of drug-likeness (QED) is 0.353. The van der Waals surface area contributed by atoms with Gasteiger partial charge in [0.15, 0.2) is 0 Å². The van der Waals surface area contributed by atoms with Gasteiger partial charge in [0.25, 0.3) is 5.91 Å². The number of nitriles is 1. The smallest absolute Gasteiger partial charge is 0.254 e. The Morgan fingerprint density at radius 3 is 2.69 bits per heavy atom. The molecular formula is C31H34FN5O2. The molecule has 1 aliphatic carbocycles. The lowest BCUT2D eigenvalue weighted by atomic mass is 9.86. The van der Waals surface area contributed by atoms with E-state index in [1.54, 1.807) is 12.1 Å². The Balaban J connectivity index is 1.51. The SMILES string of the molecule is CCOc1cc([C@H](C)N2CCc3c(cc(CCN(C)C4CC4)cc3-c3ccc(F)nc3C)C2=O)ncc1C#N. The van der Waals surface area contributed by atoms with Crippen LogP contribution in [0.2, 0.25) is 0 Å². The molecule has 3 heterocycles. The average molecular weight is 528 g/mol. The van der Waals surface area contributed by atoms with Gasteiger partial charge in [-0.15, -0.1) is 0 Å². The number of aromatic nitrogens is 2. The molecule has 7 nitrogen and oxygen atoms in total. The molecule has 1 amide bonds. The summed E-state index contributed by atoms with van der Waals surface area (Å²) in [6.07, 6.45) is 5.47. The van der Waals surface area contributed by atoms with Gasteiger partial charge in [-0.25, -0.2) is 4.98 Å². The second-order valence-corrected chi connectivity index (χ2v) is 10.5. The van der Waals surface area contributed by atoms with E-state index in [-0.39, 0.29) is 11.9 Å². The maximum Gasteiger partial charge on any atom is 0.254 e. The van der Waals surface area contributed by atoms with Gasteiger partial charge in [0.2, 0.25) is 5.95 Å². The summed E-state index contributed by atoms with van der Waals surface area (Å²) in [5, 5.41) is 9.40. The highest BCUT2D eigenvalue weighted by atomic mass is 19.1. The van der Waals surface area contributed by atoms with E-state index in [1.807, 2.05) is 31.7 Å². The molecule has 1 saturated carbocycles. The highest BCUT2D eigenvalue weighted by molar-refractivity contribution is 5.99. The van der Waals surface area contributed by atoms with Crippen LogP contribution in [-0.4, -0.2) is 58.5 Å². The number of nitrogens with zero attached hydrogens (tertiary/aromatic N) is 5. The van der Waals surface area contributed by atoms with Gasteiger partial charge in [-0.05, 0) is 88.4 Å². The fourth-order valence-electron chi connectivity index (χ4n) is 5.45. The van der Waals surface area contributed by atoms with Crippen molar-refractivity contribution in [1.82, 2.24) is 19.8 Å². The summed E-state index contributed by atoms with van der Waals surface area (Å²) in [6, 6.07) is 11.6. The molecule has 1 atom stereocenters. The maximum atomic E-state index is 14.0. The van der Waals surface area contributed by atoms with E-state index in [9.17, 15) is 14.4 Å². The number of fused-ring (bicyclic) bond motifs is 1. The number of amides is 1. The largest absolute Gasteiger partial charge is 0.492 e. The van der Waals surface area contributed by atoms with Crippen molar-refractivity contribution >= 4 is 5.91 Å². The monoisotopic (exact) mass is 527 g/mol. The fraction of sp³-hybridized carbons (Fsp3) is 0.419. The van der Waals surface area contributed by atoms with Gasteiger partial charge in [0, 0.05) is 48.2 Å². The van der Waals surface area contributed by atoms with E-state index < -0.39 is 5.95 Å². The number of rotatable bonds is 9. The molecule has 202 valence electrons. The highest BCUT2D eigenvalue weighted by Crippen LogP contribution is 2.36. The molecule has 0 bridgehead atoms. The first-order valence-electron chi connectivity index (χ1n) is 13.6. The molecule has 0 radical (unpaired) electrons. The number of aryl methyl sites for hydroxylation is 1. The summed E-state index contributed by atoms with van der Waals surface area (Å²) in [6.45, 7) is 7.49. The third kappa shape index (κ3) is 5.50. The van der Waals surface area contributed by atoms with Crippen molar-refractivity contribution in [3.8, 4) is 22.9 Å². The number of benzene rings is 1. The highest BCUT2D eigenvalue weighted by Gasteiger charge is 2.32. The van der Waals surface area contributed by atoms with Crippen LogP contribution in [0.1, 0.15) is 71.2 Å². The normalized spacial score (nSPS) is 15.7. The Bertz CT molecular complexity index is 1450. The number of hydrogen-bond acceptors (Lipinski definition) is 6. The minimum atomic E-state index is -0.509. The van der Waals surface area contributed by atoms with Crippen LogP contribution in [0.4, 0.5) is 4.39 Å². The van der Waals surface area contributed by atoms with E-state index in [2.05, 4.69) is 34.1 Å². The first-order chi connectivity index (χ1) is 18.8. The zero-order valence-corrected chi connectivity index (χ0v) is 23.0. The molecule has 39 heavy (non-hydrogen) atoms. The molecule has 0 spiro atoms. The van der Waals surface area contributed by atoms with Crippen LogP contribution in [0.5, 0.6) is 5.75 Å². The number of halogens is 1. The standard InChI is InChI=1S/C31H34FN5O2/c1-5-39-29-16-28(34-18-22(29)17-33)20(3)37-13-11-25-26(24-8-9-30(32)35-19(24)2)14-21(15-27(25)31(37)38)10-12-36(4)23-6-7-23/h8-9,14-16,18,20,23H,5-7,10-13H2,1-4H3/t20-/m0/s1. The molecule has 1 fully saturated rings. The lowest BCUT2D eigenvalue weighted by Crippen LogP contribution is -2.40. The molecule has 2 aliphatic rings. The van der Waals surface area contributed by atoms with Gasteiger partial charge in [-0.2, -0.15) is 9.65 Å². The van der Waals surface area contributed by atoms with Crippen molar-refractivity contribution in [3.05, 3.63) is 76.1 Å². The summed E-state index contributed by atoms with van der Waals surface area (Å²) in [4.78, 5) is 26.8. The third-order valence-corrected chi connectivity index (χ3v) is 7.87. The third-order valence-electron chi connectivity index (χ3n) is 7.87. The number of pyridine rings is 2. The molecular weight excluding hydrogens is 493 g/mol. The zero-order valence-electron chi connectivity index (χ0n) is 23.0. The Kier molecular flexibility index (Phi) is 7.62. The summed E-state index contributed by atoms with van der Waals surface area (Å²) >= 11 is 0. The lowest BCUT2D eigenvalue weighted by molar-refractivity contribution is 0.0669. The Morgan fingerprint density at radius 2 is 2.00 bits per heavy atom. The minimum Gasteiger partial charge on any atom is -0.492 e. The van der Waals surface area contributed by atoms with Crippen molar-refractivity contribution < 1.29 is 13.9 Å². The molecule has 1 aromatic carbocycles. The first kappa shape index (κ1) is 26.8. The number of ether oxygens (including phenoxy) is 1. The second kappa shape index (κ2) is 11.1. The topological polar surface area (TPSA) is 82.3 Å². The van der Waals surface area contributed by atoms with Crippen molar-refractivity contribution in [1.29, 1.82) is 5.26 Å². The molecule has 2 aromatic heterocycles. The van der Waals surface area contributed by atoms with E-state index in [1.165, 1.54) is 25.1 Å². The van der Waals surface area contributed by atoms with Crippen LogP contribution >= 0.6 is 0 Å². The maximum absolute atomic E-state index is 14.0. The van der Waals surface area contributed by atoms with Crippen LogP contribution in [-0.2, 0) is 12.8 Å². The van der Waals surface area contributed by atoms with Crippen molar-refractivity contribution in [3.63, 3.8) is 0 Å². The molecule has 1 aliphatic heterocycles. The van der Waals surface area contributed by atoms with Gasteiger partial charge in [-0.1, -0.05) is 6.07 Å². The first-order valence-corrected chi connectivity index (χ1v) is 13.6. The number of carbonyl (C=O) groups is 1. The van der Waals surface area contributed by atoms with Gasteiger partial charge in [0.1, 0.15) is 17.4 Å². The molecule has 3 aromatic rings. The molecule has 0 N–H and O–H groups in total. The summed E-state index contributed by atoms with van der Waals surface area (Å²) in [7, 11) is 2.15. The predicted molar refractivity (Wildman–Crippen MR) is 147 cm³/mol. The van der Waals surface area contributed by atoms with Crippen LogP contribution < -0.4 is 4.74 Å². The van der Waals surface area contributed by atoms with Crippen molar-refractivity contribution in [2.45, 2.75) is 58.5 Å². The van der Waals surface area contributed by atoms with Gasteiger partial charge in [-0.3, -0.25) is 9.78 Å². The number of carbonyl (C=O) groups excluding carboxylic acids is 1. The van der Waals surface area contributed by atoms with E-state index in [4.69, 9.17) is 4.74 Å². The van der Waals surface area contributed by atoms with Gasteiger partial charge < -0.3 is 14.5 Å². The van der Waals surface area contributed by atoms with Crippen molar-refractivity contribution in [2.75, 3.05) is 26.7 Å². The second-order valence-electron chi connectivity index (χ2n) is 10.5. The predicted octanol–water partition coefficient (Wildman–Crippen LogP) is 5.26. The Labute approximate surface area is 229 Å². The number of likely N-dealkylation sites (N-methyl/N-ethyl adjacent to an activating group) is 1. The van der Waals surface area contributed by atoms with E-state index in [0.717, 1.165) is 35.2 Å². The lowest BCUT2D eigenvalue weighted by Gasteiger charge is -2.35. The minimum absolute atomic E-state index is 0.0563. The van der Waals surface area contributed by atoms with E-state index >= 15 is 0 Å². The molecule has 0 saturated heterocycles. The Hall–Kier alpha value is -3.83.